The summed E-state index contributed by atoms with van der Waals surface area (Å²) in [6, 6.07) is 19.9. The standard InChI is InChI=1S/C25H20N4OS/c1-16-6-5-13-26-23(16)24-22(28-20-7-3-4-8-21(20)29-24)14-19-15-27-25(31-19)17-9-11-18(30-2)12-10-17/h3-13,15H,14H2,1-2H3. The van der Waals surface area contributed by atoms with Crippen LogP contribution in [0.1, 0.15) is 16.1 Å². The number of rotatable bonds is 5. The van der Waals surface area contributed by atoms with E-state index in [0.717, 1.165) is 54.9 Å². The van der Waals surface area contributed by atoms with Gasteiger partial charge in [0.05, 0.1) is 29.5 Å². The number of methoxy groups -OCH3 is 1. The van der Waals surface area contributed by atoms with Gasteiger partial charge in [0.2, 0.25) is 0 Å². The Morgan fingerprint density at radius 2 is 1.61 bits per heavy atom. The van der Waals surface area contributed by atoms with Crippen molar-refractivity contribution in [3.05, 3.63) is 89.2 Å². The van der Waals surface area contributed by atoms with Gasteiger partial charge in [0.15, 0.2) is 0 Å². The van der Waals surface area contributed by atoms with E-state index in [4.69, 9.17) is 14.7 Å². The number of para-hydroxylation sites is 2. The topological polar surface area (TPSA) is 60.8 Å². The largest absolute Gasteiger partial charge is 0.497 e. The van der Waals surface area contributed by atoms with Gasteiger partial charge in [0, 0.05) is 29.3 Å². The summed E-state index contributed by atoms with van der Waals surface area (Å²) in [5.41, 5.74) is 6.51. The van der Waals surface area contributed by atoms with Crippen molar-refractivity contribution in [1.29, 1.82) is 0 Å². The molecule has 0 aliphatic rings. The molecule has 0 unspecified atom stereocenters. The van der Waals surface area contributed by atoms with Gasteiger partial charge in [-0.05, 0) is 55.0 Å². The summed E-state index contributed by atoms with van der Waals surface area (Å²) in [5.74, 6) is 0.836. The maximum Gasteiger partial charge on any atom is 0.123 e. The first-order valence-electron chi connectivity index (χ1n) is 9.98. The molecule has 3 heterocycles. The lowest BCUT2D eigenvalue weighted by Gasteiger charge is -2.10. The second-order valence-corrected chi connectivity index (χ2v) is 8.33. The quantitative estimate of drug-likeness (QED) is 0.361. The Hall–Kier alpha value is -3.64. The highest BCUT2D eigenvalue weighted by atomic mass is 32.1. The molecular formula is C25H20N4OS. The lowest BCUT2D eigenvalue weighted by atomic mass is 10.1. The molecule has 2 aromatic carbocycles. The molecule has 0 N–H and O–H groups in total. The van der Waals surface area contributed by atoms with E-state index in [0.29, 0.717) is 6.42 Å². The normalized spacial score (nSPS) is 11.0. The molecule has 5 aromatic rings. The Labute approximate surface area is 184 Å². The lowest BCUT2D eigenvalue weighted by molar-refractivity contribution is 0.415. The van der Waals surface area contributed by atoms with Gasteiger partial charge >= 0.3 is 0 Å². The van der Waals surface area contributed by atoms with E-state index < -0.39 is 0 Å². The fourth-order valence-electron chi connectivity index (χ4n) is 3.50. The van der Waals surface area contributed by atoms with E-state index in [2.05, 4.69) is 23.0 Å². The summed E-state index contributed by atoms with van der Waals surface area (Å²) in [6.07, 6.45) is 4.38. The number of fused-ring (bicyclic) bond motifs is 1. The molecule has 0 fully saturated rings. The zero-order chi connectivity index (χ0) is 21.2. The van der Waals surface area contributed by atoms with Gasteiger partial charge in [-0.15, -0.1) is 11.3 Å². The molecule has 0 aliphatic heterocycles. The van der Waals surface area contributed by atoms with Crippen LogP contribution in [0.25, 0.3) is 33.0 Å². The highest BCUT2D eigenvalue weighted by molar-refractivity contribution is 7.15. The maximum atomic E-state index is 5.25. The summed E-state index contributed by atoms with van der Waals surface area (Å²) in [6.45, 7) is 2.05. The van der Waals surface area contributed by atoms with E-state index in [1.54, 1.807) is 24.6 Å². The lowest BCUT2D eigenvalue weighted by Crippen LogP contribution is -2.02. The second-order valence-electron chi connectivity index (χ2n) is 7.21. The third-order valence-electron chi connectivity index (χ3n) is 5.11. The van der Waals surface area contributed by atoms with E-state index >= 15 is 0 Å². The molecule has 0 radical (unpaired) electrons. The van der Waals surface area contributed by atoms with Crippen LogP contribution in [0.4, 0.5) is 0 Å². The van der Waals surface area contributed by atoms with Crippen molar-refractivity contribution >= 4 is 22.4 Å². The second kappa shape index (κ2) is 8.24. The number of hydrogen-bond acceptors (Lipinski definition) is 6. The number of thiazole rings is 1. The van der Waals surface area contributed by atoms with Crippen LogP contribution in [-0.4, -0.2) is 27.0 Å². The van der Waals surface area contributed by atoms with Crippen molar-refractivity contribution in [1.82, 2.24) is 19.9 Å². The van der Waals surface area contributed by atoms with E-state index in [1.807, 2.05) is 60.8 Å². The van der Waals surface area contributed by atoms with Crippen molar-refractivity contribution in [3.8, 4) is 27.7 Å². The van der Waals surface area contributed by atoms with Crippen LogP contribution < -0.4 is 4.74 Å². The number of hydrogen-bond donors (Lipinski definition) is 0. The fourth-order valence-corrected chi connectivity index (χ4v) is 4.43. The number of pyridine rings is 1. The molecule has 0 saturated carbocycles. The fraction of sp³-hybridized carbons (Fsp3) is 0.120. The third-order valence-corrected chi connectivity index (χ3v) is 6.16. The number of ether oxygens (including phenoxy) is 1. The van der Waals surface area contributed by atoms with Gasteiger partial charge in [-0.2, -0.15) is 0 Å². The summed E-state index contributed by atoms with van der Waals surface area (Å²) >= 11 is 1.67. The average molecular weight is 425 g/mol. The molecule has 0 amide bonds. The van der Waals surface area contributed by atoms with Gasteiger partial charge in [0.25, 0.3) is 0 Å². The zero-order valence-electron chi connectivity index (χ0n) is 17.2. The number of aryl methyl sites for hydroxylation is 1. The molecule has 0 bridgehead atoms. The monoisotopic (exact) mass is 424 g/mol. The first-order valence-corrected chi connectivity index (χ1v) is 10.8. The maximum absolute atomic E-state index is 5.25. The molecular weight excluding hydrogens is 404 g/mol. The highest BCUT2D eigenvalue weighted by Gasteiger charge is 2.16. The Balaban J connectivity index is 1.55. The Morgan fingerprint density at radius 1 is 0.839 bits per heavy atom. The van der Waals surface area contributed by atoms with Crippen molar-refractivity contribution in [2.24, 2.45) is 0 Å². The van der Waals surface area contributed by atoms with E-state index in [1.165, 1.54) is 0 Å². The Kier molecular flexibility index (Phi) is 5.14. The van der Waals surface area contributed by atoms with Crippen LogP contribution in [0.5, 0.6) is 5.75 Å². The van der Waals surface area contributed by atoms with Crippen LogP contribution in [-0.2, 0) is 6.42 Å². The van der Waals surface area contributed by atoms with E-state index in [-0.39, 0.29) is 0 Å². The van der Waals surface area contributed by atoms with Crippen molar-refractivity contribution in [3.63, 3.8) is 0 Å². The van der Waals surface area contributed by atoms with Crippen molar-refractivity contribution < 1.29 is 4.74 Å². The van der Waals surface area contributed by atoms with Gasteiger partial charge in [-0.3, -0.25) is 4.98 Å². The van der Waals surface area contributed by atoms with Crippen LogP contribution in [0.15, 0.2) is 73.1 Å². The molecule has 0 aliphatic carbocycles. The molecule has 0 atom stereocenters. The van der Waals surface area contributed by atoms with Gasteiger partial charge in [0.1, 0.15) is 16.5 Å². The zero-order valence-corrected chi connectivity index (χ0v) is 18.1. The van der Waals surface area contributed by atoms with Crippen LogP contribution >= 0.6 is 11.3 Å². The minimum Gasteiger partial charge on any atom is -0.497 e. The molecule has 6 heteroatoms. The summed E-state index contributed by atoms with van der Waals surface area (Å²) in [5, 5.41) is 0.974. The molecule has 3 aromatic heterocycles. The smallest absolute Gasteiger partial charge is 0.123 e. The minimum absolute atomic E-state index is 0.650. The SMILES string of the molecule is COc1ccc(-c2ncc(Cc3nc4ccccc4nc3-c3ncccc3C)s2)cc1. The van der Waals surface area contributed by atoms with Crippen LogP contribution in [0.3, 0.4) is 0 Å². The molecule has 152 valence electrons. The minimum atomic E-state index is 0.650. The van der Waals surface area contributed by atoms with E-state index in [9.17, 15) is 0 Å². The number of benzene rings is 2. The predicted molar refractivity (Wildman–Crippen MR) is 124 cm³/mol. The predicted octanol–water partition coefficient (Wildman–Crippen LogP) is 5.72. The first kappa shape index (κ1) is 19.3. The summed E-state index contributed by atoms with van der Waals surface area (Å²) in [4.78, 5) is 20.2. The first-order chi connectivity index (χ1) is 15.2. The van der Waals surface area contributed by atoms with Crippen molar-refractivity contribution in [2.75, 3.05) is 7.11 Å². The summed E-state index contributed by atoms with van der Waals surface area (Å²) < 4.78 is 5.25. The van der Waals surface area contributed by atoms with Crippen molar-refractivity contribution in [2.45, 2.75) is 13.3 Å². The average Bonchev–Trinajstić information content (AvgIpc) is 3.28. The van der Waals surface area contributed by atoms with Gasteiger partial charge in [-0.1, -0.05) is 18.2 Å². The third kappa shape index (κ3) is 3.90. The van der Waals surface area contributed by atoms with Crippen LogP contribution in [0.2, 0.25) is 0 Å². The Morgan fingerprint density at radius 3 is 2.35 bits per heavy atom. The van der Waals surface area contributed by atoms with Gasteiger partial charge in [-0.25, -0.2) is 15.0 Å². The Bertz CT molecular complexity index is 1360. The van der Waals surface area contributed by atoms with Gasteiger partial charge < -0.3 is 4.74 Å². The summed E-state index contributed by atoms with van der Waals surface area (Å²) in [7, 11) is 1.67. The molecule has 31 heavy (non-hydrogen) atoms. The highest BCUT2D eigenvalue weighted by Crippen LogP contribution is 2.31. The van der Waals surface area contributed by atoms with Crippen LogP contribution in [0, 0.1) is 6.92 Å². The number of aromatic nitrogens is 4. The molecule has 0 spiro atoms. The molecule has 5 nitrogen and oxygen atoms in total. The molecule has 0 saturated heterocycles. The number of nitrogens with zero attached hydrogens (tertiary/aromatic N) is 4. The molecule has 5 rings (SSSR count).